The van der Waals surface area contributed by atoms with E-state index in [0.717, 1.165) is 21.6 Å². The van der Waals surface area contributed by atoms with Crippen LogP contribution in [0.5, 0.6) is 0 Å². The Morgan fingerprint density at radius 1 is 1.29 bits per heavy atom. The third-order valence-corrected chi connectivity index (χ3v) is 3.98. The predicted octanol–water partition coefficient (Wildman–Crippen LogP) is 1.73. The minimum Gasteiger partial charge on any atom is -0.310 e. The lowest BCUT2D eigenvalue weighted by Gasteiger charge is -2.02. The summed E-state index contributed by atoms with van der Waals surface area (Å²) in [5, 5.41) is 4.15. The number of hydrogen-bond donors (Lipinski definition) is 1. The van der Waals surface area contributed by atoms with Crippen molar-refractivity contribution in [3.8, 4) is 0 Å². The largest absolute Gasteiger partial charge is 0.310 e. The topological polar surface area (TPSA) is 63.6 Å². The van der Waals surface area contributed by atoms with Crippen molar-refractivity contribution >= 4 is 23.3 Å². The third kappa shape index (κ3) is 3.21. The van der Waals surface area contributed by atoms with E-state index in [-0.39, 0.29) is 0 Å². The molecular formula is C10H11N5S2. The van der Waals surface area contributed by atoms with Gasteiger partial charge in [-0.1, -0.05) is 0 Å². The minimum atomic E-state index is 0.713. The van der Waals surface area contributed by atoms with Gasteiger partial charge in [-0.3, -0.25) is 0 Å². The zero-order valence-electron chi connectivity index (χ0n) is 9.04. The van der Waals surface area contributed by atoms with Crippen molar-refractivity contribution in [3.05, 3.63) is 24.3 Å². The maximum Gasteiger partial charge on any atom is 0.194 e. The van der Waals surface area contributed by atoms with Crippen molar-refractivity contribution in [3.63, 3.8) is 0 Å². The monoisotopic (exact) mass is 265 g/mol. The number of nitrogens with zero attached hydrogens (tertiary/aromatic N) is 4. The molecule has 7 heteroatoms. The average Bonchev–Trinajstić information content (AvgIpc) is 3.05. The van der Waals surface area contributed by atoms with Crippen LogP contribution in [0.3, 0.4) is 0 Å². The van der Waals surface area contributed by atoms with Crippen molar-refractivity contribution in [2.24, 2.45) is 0 Å². The number of hydrogen-bond acceptors (Lipinski definition) is 7. The molecule has 1 fully saturated rings. The molecule has 1 saturated carbocycles. The zero-order chi connectivity index (χ0) is 11.5. The first-order valence-corrected chi connectivity index (χ1v) is 6.98. The molecule has 2 aromatic rings. The van der Waals surface area contributed by atoms with E-state index in [4.69, 9.17) is 0 Å². The molecule has 2 aromatic heterocycles. The van der Waals surface area contributed by atoms with Crippen LogP contribution in [-0.2, 0) is 6.54 Å². The van der Waals surface area contributed by atoms with E-state index in [2.05, 4.69) is 24.6 Å². The second-order valence-corrected chi connectivity index (χ2v) is 5.83. The Hall–Kier alpha value is -1.05. The van der Waals surface area contributed by atoms with Crippen LogP contribution in [-0.4, -0.2) is 25.4 Å². The molecule has 0 aliphatic heterocycles. The quantitative estimate of drug-likeness (QED) is 0.831. The Labute approximate surface area is 107 Å². The standard InChI is InChI=1S/C10H11N5S2/c1-2-8(1)11-3-7-4-12-9(13-5-7)16-10-14-6-15-17-10/h4-6,8,11H,1-3H2. The molecule has 0 saturated heterocycles. The summed E-state index contributed by atoms with van der Waals surface area (Å²) in [4.78, 5) is 12.7. The van der Waals surface area contributed by atoms with Gasteiger partial charge in [0.15, 0.2) is 9.50 Å². The maximum absolute atomic E-state index is 4.30. The molecule has 1 aliphatic rings. The van der Waals surface area contributed by atoms with Gasteiger partial charge < -0.3 is 5.32 Å². The van der Waals surface area contributed by atoms with E-state index in [1.165, 1.54) is 36.1 Å². The lowest BCUT2D eigenvalue weighted by Crippen LogP contribution is -2.15. The summed E-state index contributed by atoms with van der Waals surface area (Å²) >= 11 is 2.80. The highest BCUT2D eigenvalue weighted by atomic mass is 32.2. The summed E-state index contributed by atoms with van der Waals surface area (Å²) in [6.45, 7) is 0.856. The molecule has 0 atom stereocenters. The first-order valence-electron chi connectivity index (χ1n) is 5.39. The van der Waals surface area contributed by atoms with Gasteiger partial charge >= 0.3 is 0 Å². The van der Waals surface area contributed by atoms with E-state index in [1.54, 1.807) is 6.33 Å². The first kappa shape index (κ1) is 11.1. The fourth-order valence-electron chi connectivity index (χ4n) is 1.32. The van der Waals surface area contributed by atoms with Crippen LogP contribution in [0.2, 0.25) is 0 Å². The van der Waals surface area contributed by atoms with Crippen LogP contribution >= 0.6 is 23.3 Å². The van der Waals surface area contributed by atoms with Gasteiger partial charge in [-0.2, -0.15) is 4.37 Å². The molecule has 17 heavy (non-hydrogen) atoms. The van der Waals surface area contributed by atoms with E-state index < -0.39 is 0 Å². The Bertz CT molecular complexity index is 466. The summed E-state index contributed by atoms with van der Waals surface area (Å²) in [5.74, 6) is 0. The second-order valence-electron chi connectivity index (χ2n) is 3.84. The smallest absolute Gasteiger partial charge is 0.194 e. The van der Waals surface area contributed by atoms with Crippen LogP contribution in [0.15, 0.2) is 28.2 Å². The van der Waals surface area contributed by atoms with Crippen LogP contribution < -0.4 is 5.32 Å². The number of aromatic nitrogens is 4. The summed E-state index contributed by atoms with van der Waals surface area (Å²) in [5.41, 5.74) is 1.12. The summed E-state index contributed by atoms with van der Waals surface area (Å²) in [6.07, 6.45) is 7.87. The van der Waals surface area contributed by atoms with Gasteiger partial charge in [-0.15, -0.1) is 0 Å². The molecule has 88 valence electrons. The molecule has 0 bridgehead atoms. The van der Waals surface area contributed by atoms with Gasteiger partial charge in [0, 0.05) is 30.5 Å². The highest BCUT2D eigenvalue weighted by molar-refractivity contribution is 8.00. The highest BCUT2D eigenvalue weighted by Gasteiger charge is 2.19. The minimum absolute atomic E-state index is 0.713. The lowest BCUT2D eigenvalue weighted by molar-refractivity contribution is 0.680. The maximum atomic E-state index is 4.30. The average molecular weight is 265 g/mol. The van der Waals surface area contributed by atoms with E-state index >= 15 is 0 Å². The van der Waals surface area contributed by atoms with Gasteiger partial charge in [0.05, 0.1) is 0 Å². The molecule has 0 amide bonds. The molecule has 0 unspecified atom stereocenters. The van der Waals surface area contributed by atoms with Gasteiger partial charge in [-0.25, -0.2) is 15.0 Å². The van der Waals surface area contributed by atoms with E-state index in [0.29, 0.717) is 6.04 Å². The van der Waals surface area contributed by atoms with Crippen molar-refractivity contribution < 1.29 is 0 Å². The van der Waals surface area contributed by atoms with Gasteiger partial charge in [0.2, 0.25) is 0 Å². The molecule has 2 heterocycles. The summed E-state index contributed by atoms with van der Waals surface area (Å²) in [6, 6.07) is 0.713. The molecule has 0 spiro atoms. The molecule has 0 aromatic carbocycles. The normalized spacial score (nSPS) is 15.1. The first-order chi connectivity index (χ1) is 8.40. The molecular weight excluding hydrogens is 254 g/mol. The SMILES string of the molecule is c1nsc(Sc2ncc(CNC3CC3)cn2)n1. The van der Waals surface area contributed by atoms with E-state index in [9.17, 15) is 0 Å². The second kappa shape index (κ2) is 5.07. The molecule has 1 N–H and O–H groups in total. The number of nitrogens with one attached hydrogen (secondary N) is 1. The summed E-state index contributed by atoms with van der Waals surface area (Å²) in [7, 11) is 0. The zero-order valence-corrected chi connectivity index (χ0v) is 10.7. The molecule has 3 rings (SSSR count). The molecule has 1 aliphatic carbocycles. The Morgan fingerprint density at radius 2 is 2.12 bits per heavy atom. The fraction of sp³-hybridized carbons (Fsp3) is 0.400. The van der Waals surface area contributed by atoms with Crippen molar-refractivity contribution in [2.75, 3.05) is 0 Å². The fourth-order valence-corrected chi connectivity index (χ4v) is 2.57. The van der Waals surface area contributed by atoms with Crippen LogP contribution in [0.4, 0.5) is 0 Å². The predicted molar refractivity (Wildman–Crippen MR) is 65.9 cm³/mol. The molecule has 0 radical (unpaired) electrons. The Morgan fingerprint density at radius 3 is 2.76 bits per heavy atom. The number of rotatable bonds is 5. The van der Waals surface area contributed by atoms with Crippen molar-refractivity contribution in [1.82, 2.24) is 24.6 Å². The van der Waals surface area contributed by atoms with Crippen LogP contribution in [0.25, 0.3) is 0 Å². The third-order valence-electron chi connectivity index (χ3n) is 2.37. The summed E-state index contributed by atoms with van der Waals surface area (Å²) < 4.78 is 4.81. The van der Waals surface area contributed by atoms with E-state index in [1.807, 2.05) is 12.4 Å². The van der Waals surface area contributed by atoms with Crippen molar-refractivity contribution in [2.45, 2.75) is 34.9 Å². The Kier molecular flexibility index (Phi) is 3.30. The highest BCUT2D eigenvalue weighted by Crippen LogP contribution is 2.24. The molecule has 5 nitrogen and oxygen atoms in total. The van der Waals surface area contributed by atoms with Gasteiger partial charge in [0.25, 0.3) is 0 Å². The van der Waals surface area contributed by atoms with Gasteiger partial charge in [-0.05, 0) is 36.1 Å². The van der Waals surface area contributed by atoms with Crippen LogP contribution in [0, 0.1) is 0 Å². The van der Waals surface area contributed by atoms with Crippen LogP contribution in [0.1, 0.15) is 18.4 Å². The lowest BCUT2D eigenvalue weighted by atomic mass is 10.3. The van der Waals surface area contributed by atoms with Crippen molar-refractivity contribution in [1.29, 1.82) is 0 Å². The van der Waals surface area contributed by atoms with Gasteiger partial charge in [0.1, 0.15) is 6.33 Å². The Balaban J connectivity index is 1.58.